The summed E-state index contributed by atoms with van der Waals surface area (Å²) in [5, 5.41) is 4.49. The number of rotatable bonds is 10. The van der Waals surface area contributed by atoms with Crippen molar-refractivity contribution in [2.45, 2.75) is 25.8 Å². The van der Waals surface area contributed by atoms with Gasteiger partial charge in [-0.2, -0.15) is 0 Å². The summed E-state index contributed by atoms with van der Waals surface area (Å²) in [6, 6.07) is 8.11. The second-order valence-corrected chi connectivity index (χ2v) is 7.35. The minimum atomic E-state index is -0.676. The summed E-state index contributed by atoms with van der Waals surface area (Å²) in [5.74, 6) is -2.66. The summed E-state index contributed by atoms with van der Waals surface area (Å²) < 4.78 is 18.3. The van der Waals surface area contributed by atoms with Crippen LogP contribution < -0.4 is 16.0 Å². The highest BCUT2D eigenvalue weighted by atomic mass is 32.1. The van der Waals surface area contributed by atoms with Crippen molar-refractivity contribution in [1.29, 1.82) is 0 Å². The minimum absolute atomic E-state index is 0.0406. The van der Waals surface area contributed by atoms with Crippen LogP contribution in [0.4, 0.5) is 10.1 Å². The molecule has 1 aromatic heterocycles. The first-order chi connectivity index (χ1) is 14.3. The van der Waals surface area contributed by atoms with E-state index >= 15 is 0 Å². The molecule has 3 N–H and O–H groups in total. The van der Waals surface area contributed by atoms with Crippen LogP contribution in [0.25, 0.3) is 0 Å². The van der Waals surface area contributed by atoms with E-state index in [2.05, 4.69) is 5.32 Å². The Labute approximate surface area is 176 Å². The monoisotopic (exact) mass is 435 g/mol. The maximum atomic E-state index is 13.2. The van der Waals surface area contributed by atoms with Gasteiger partial charge in [-0.25, -0.2) is 4.39 Å². The van der Waals surface area contributed by atoms with E-state index in [0.717, 1.165) is 4.88 Å². The van der Waals surface area contributed by atoms with Crippen LogP contribution in [0.3, 0.4) is 0 Å². The Balaban J connectivity index is 2.00. The molecule has 160 valence electrons. The summed E-state index contributed by atoms with van der Waals surface area (Å²) in [5.41, 5.74) is 5.49. The van der Waals surface area contributed by atoms with Crippen molar-refractivity contribution in [2.75, 3.05) is 18.1 Å². The average molecular weight is 435 g/mol. The average Bonchev–Trinajstić information content (AvgIpc) is 3.21. The van der Waals surface area contributed by atoms with Gasteiger partial charge in [-0.3, -0.25) is 19.2 Å². The third-order valence-electron chi connectivity index (χ3n) is 4.01. The molecular formula is C20H22FN3O5S. The van der Waals surface area contributed by atoms with Crippen molar-refractivity contribution < 1.29 is 28.3 Å². The van der Waals surface area contributed by atoms with Gasteiger partial charge in [0.15, 0.2) is 6.61 Å². The number of esters is 1. The van der Waals surface area contributed by atoms with Crippen molar-refractivity contribution in [1.82, 2.24) is 5.32 Å². The quantitative estimate of drug-likeness (QED) is 0.553. The number of primary amides is 1. The van der Waals surface area contributed by atoms with E-state index in [1.807, 2.05) is 5.38 Å². The highest BCUT2D eigenvalue weighted by molar-refractivity contribution is 7.10. The summed E-state index contributed by atoms with van der Waals surface area (Å²) >= 11 is 1.38. The van der Waals surface area contributed by atoms with Crippen molar-refractivity contribution in [3.05, 3.63) is 52.5 Å². The SMILES string of the molecule is CC(=O)NC(CC(=O)OCC(=O)N(CCC(N)=O)c1ccc(F)cc1)c1cccs1. The first kappa shape index (κ1) is 23.0. The van der Waals surface area contributed by atoms with Crippen molar-refractivity contribution in [2.24, 2.45) is 5.73 Å². The molecule has 30 heavy (non-hydrogen) atoms. The lowest BCUT2D eigenvalue weighted by Gasteiger charge is -2.22. The van der Waals surface area contributed by atoms with Crippen LogP contribution in [0.1, 0.15) is 30.7 Å². The van der Waals surface area contributed by atoms with Gasteiger partial charge >= 0.3 is 5.97 Å². The summed E-state index contributed by atoms with van der Waals surface area (Å²) in [6.45, 7) is 0.724. The largest absolute Gasteiger partial charge is 0.455 e. The molecule has 0 aliphatic carbocycles. The molecule has 0 saturated carbocycles. The topological polar surface area (TPSA) is 119 Å². The number of benzene rings is 1. The number of anilines is 1. The van der Waals surface area contributed by atoms with Crippen molar-refractivity contribution in [3.63, 3.8) is 0 Å². The fraction of sp³-hybridized carbons (Fsp3) is 0.300. The number of nitrogens with one attached hydrogen (secondary N) is 1. The molecule has 0 bridgehead atoms. The van der Waals surface area contributed by atoms with Crippen LogP contribution in [0.15, 0.2) is 41.8 Å². The van der Waals surface area contributed by atoms with Gasteiger partial charge in [0.25, 0.3) is 5.91 Å². The second kappa shape index (κ2) is 11.1. The van der Waals surface area contributed by atoms with Crippen LogP contribution in [-0.2, 0) is 23.9 Å². The molecule has 8 nitrogen and oxygen atoms in total. The van der Waals surface area contributed by atoms with Crippen LogP contribution in [0.2, 0.25) is 0 Å². The molecule has 0 aliphatic heterocycles. The number of hydrogen-bond acceptors (Lipinski definition) is 6. The van der Waals surface area contributed by atoms with Crippen LogP contribution >= 0.6 is 11.3 Å². The molecular weight excluding hydrogens is 413 g/mol. The molecule has 1 heterocycles. The predicted molar refractivity (Wildman–Crippen MR) is 109 cm³/mol. The number of amides is 3. The van der Waals surface area contributed by atoms with Gasteiger partial charge in [0.2, 0.25) is 11.8 Å². The van der Waals surface area contributed by atoms with E-state index in [1.54, 1.807) is 12.1 Å². The maximum Gasteiger partial charge on any atom is 0.308 e. The highest BCUT2D eigenvalue weighted by Crippen LogP contribution is 2.22. The normalized spacial score (nSPS) is 11.4. The third-order valence-corrected chi connectivity index (χ3v) is 5.00. The highest BCUT2D eigenvalue weighted by Gasteiger charge is 2.22. The van der Waals surface area contributed by atoms with Crippen molar-refractivity contribution in [3.8, 4) is 0 Å². The summed E-state index contributed by atoms with van der Waals surface area (Å²) in [7, 11) is 0. The standard InChI is InChI=1S/C20H22FN3O5S/c1-13(25)23-16(17-3-2-10-30-17)11-20(28)29-12-19(27)24(9-8-18(22)26)15-6-4-14(21)5-7-15/h2-7,10,16H,8-9,11-12H2,1H3,(H2,22,26)(H,23,25). The molecule has 0 spiro atoms. The number of hydrogen-bond donors (Lipinski definition) is 2. The van der Waals surface area contributed by atoms with E-state index in [1.165, 1.54) is 47.4 Å². The van der Waals surface area contributed by atoms with E-state index in [4.69, 9.17) is 10.5 Å². The van der Waals surface area contributed by atoms with E-state index in [0.29, 0.717) is 5.69 Å². The minimum Gasteiger partial charge on any atom is -0.455 e. The Morgan fingerprint density at radius 2 is 1.90 bits per heavy atom. The van der Waals surface area contributed by atoms with E-state index in [9.17, 15) is 23.6 Å². The van der Waals surface area contributed by atoms with Crippen LogP contribution in [0.5, 0.6) is 0 Å². The number of thiophene rings is 1. The number of ether oxygens (including phenoxy) is 1. The van der Waals surface area contributed by atoms with E-state index in [-0.39, 0.29) is 25.3 Å². The fourth-order valence-corrected chi connectivity index (χ4v) is 3.42. The smallest absolute Gasteiger partial charge is 0.308 e. The molecule has 0 aliphatic rings. The molecule has 0 radical (unpaired) electrons. The molecule has 1 aromatic carbocycles. The van der Waals surface area contributed by atoms with Gasteiger partial charge in [-0.15, -0.1) is 11.3 Å². The molecule has 2 rings (SSSR count). The molecule has 0 fully saturated rings. The molecule has 3 amide bonds. The molecule has 0 saturated heterocycles. The molecule has 2 aromatic rings. The summed E-state index contributed by atoms with van der Waals surface area (Å²) in [6.07, 6.45) is -0.259. The predicted octanol–water partition coefficient (Wildman–Crippen LogP) is 1.91. The second-order valence-electron chi connectivity index (χ2n) is 6.37. The third kappa shape index (κ3) is 7.28. The fourth-order valence-electron chi connectivity index (χ4n) is 2.64. The van der Waals surface area contributed by atoms with Gasteiger partial charge < -0.3 is 20.7 Å². The van der Waals surface area contributed by atoms with E-state index < -0.39 is 36.2 Å². The number of nitrogens with two attached hydrogens (primary N) is 1. The van der Waals surface area contributed by atoms with Gasteiger partial charge in [-0.1, -0.05) is 6.07 Å². The Morgan fingerprint density at radius 3 is 2.47 bits per heavy atom. The number of carbonyl (C=O) groups excluding carboxylic acids is 4. The Kier molecular flexibility index (Phi) is 8.48. The zero-order chi connectivity index (χ0) is 22.1. The Hall–Kier alpha value is -3.27. The van der Waals surface area contributed by atoms with Gasteiger partial charge in [0, 0.05) is 30.5 Å². The zero-order valence-corrected chi connectivity index (χ0v) is 17.1. The summed E-state index contributed by atoms with van der Waals surface area (Å²) in [4.78, 5) is 49.3. The molecule has 10 heteroatoms. The Bertz CT molecular complexity index is 886. The zero-order valence-electron chi connectivity index (χ0n) is 16.3. The van der Waals surface area contributed by atoms with Crippen LogP contribution in [-0.4, -0.2) is 36.8 Å². The van der Waals surface area contributed by atoms with Crippen LogP contribution in [0, 0.1) is 5.82 Å². The first-order valence-electron chi connectivity index (χ1n) is 9.06. The van der Waals surface area contributed by atoms with Gasteiger partial charge in [0.05, 0.1) is 12.5 Å². The Morgan fingerprint density at radius 1 is 1.20 bits per heavy atom. The van der Waals surface area contributed by atoms with Gasteiger partial charge in [-0.05, 0) is 35.7 Å². The van der Waals surface area contributed by atoms with Crippen molar-refractivity contribution >= 4 is 40.7 Å². The van der Waals surface area contributed by atoms with Gasteiger partial charge in [0.1, 0.15) is 5.82 Å². The lowest BCUT2D eigenvalue weighted by Crippen LogP contribution is -2.37. The molecule has 1 unspecified atom stereocenters. The lowest BCUT2D eigenvalue weighted by molar-refractivity contribution is -0.148. The number of halogens is 1. The number of nitrogens with zero attached hydrogens (tertiary/aromatic N) is 1. The number of carbonyl (C=O) groups is 4. The lowest BCUT2D eigenvalue weighted by atomic mass is 10.1. The maximum absolute atomic E-state index is 13.2. The first-order valence-corrected chi connectivity index (χ1v) is 9.94. The molecule has 1 atom stereocenters.